The summed E-state index contributed by atoms with van der Waals surface area (Å²) in [4.78, 5) is 0.0780. The van der Waals surface area contributed by atoms with Crippen LogP contribution < -0.4 is 9.46 Å². The monoisotopic (exact) mass is 343 g/mol. The van der Waals surface area contributed by atoms with Crippen molar-refractivity contribution < 1.29 is 13.2 Å². The van der Waals surface area contributed by atoms with Crippen LogP contribution in [-0.4, -0.2) is 25.7 Å². The van der Waals surface area contributed by atoms with Gasteiger partial charge in [0, 0.05) is 6.07 Å². The van der Waals surface area contributed by atoms with Crippen LogP contribution in [0.3, 0.4) is 0 Å². The number of hydrogen-bond donors (Lipinski definition) is 2. The molecule has 1 aromatic heterocycles. The summed E-state index contributed by atoms with van der Waals surface area (Å²) < 4.78 is 32.9. The van der Waals surface area contributed by atoms with E-state index in [-0.39, 0.29) is 16.5 Å². The third-order valence-corrected chi connectivity index (χ3v) is 4.89. The highest BCUT2D eigenvalue weighted by Gasteiger charge is 2.21. The zero-order valence-electron chi connectivity index (χ0n) is 13.3. The van der Waals surface area contributed by atoms with Crippen LogP contribution in [0.1, 0.15) is 5.56 Å². The second kappa shape index (κ2) is 6.37. The van der Waals surface area contributed by atoms with Gasteiger partial charge in [-0.05, 0) is 30.2 Å². The van der Waals surface area contributed by atoms with Gasteiger partial charge in [0.25, 0.3) is 10.0 Å². The number of ether oxygens (including phenoxy) is 1. The van der Waals surface area contributed by atoms with E-state index in [1.54, 1.807) is 24.3 Å². The molecular formula is C17H17N3O3S. The van der Waals surface area contributed by atoms with Crippen LogP contribution in [-0.2, 0) is 10.0 Å². The van der Waals surface area contributed by atoms with E-state index in [1.165, 1.54) is 7.11 Å². The van der Waals surface area contributed by atoms with Crippen LogP contribution in [0.5, 0.6) is 5.75 Å². The lowest BCUT2D eigenvalue weighted by atomic mass is 10.2. The van der Waals surface area contributed by atoms with Gasteiger partial charge in [0.1, 0.15) is 10.6 Å². The molecule has 0 bridgehead atoms. The molecule has 3 rings (SSSR count). The Morgan fingerprint density at radius 3 is 2.54 bits per heavy atom. The van der Waals surface area contributed by atoms with Crippen LogP contribution in [0.15, 0.2) is 59.5 Å². The molecule has 0 fully saturated rings. The Kier molecular flexibility index (Phi) is 4.26. The van der Waals surface area contributed by atoms with Crippen LogP contribution in [0.25, 0.3) is 11.3 Å². The Hall–Kier alpha value is -2.80. The Morgan fingerprint density at radius 2 is 1.83 bits per heavy atom. The van der Waals surface area contributed by atoms with Gasteiger partial charge < -0.3 is 4.74 Å². The van der Waals surface area contributed by atoms with Crippen LogP contribution in [0.4, 0.5) is 5.82 Å². The molecule has 0 saturated carbocycles. The summed E-state index contributed by atoms with van der Waals surface area (Å²) in [6.07, 6.45) is 0. The SMILES string of the molecule is COc1ccc(C)cc1S(=O)(=O)Nc1cc(-c2ccccc2)[nH]n1. The molecule has 0 atom stereocenters. The van der Waals surface area contributed by atoms with Crippen LogP contribution in [0, 0.1) is 6.92 Å². The zero-order valence-corrected chi connectivity index (χ0v) is 14.1. The molecule has 2 aromatic carbocycles. The van der Waals surface area contributed by atoms with Crippen molar-refractivity contribution in [2.75, 3.05) is 11.8 Å². The molecule has 0 saturated heterocycles. The predicted octanol–water partition coefficient (Wildman–Crippen LogP) is 3.19. The fourth-order valence-electron chi connectivity index (χ4n) is 2.33. The smallest absolute Gasteiger partial charge is 0.266 e. The summed E-state index contributed by atoms with van der Waals surface area (Å²) >= 11 is 0. The van der Waals surface area contributed by atoms with E-state index in [9.17, 15) is 8.42 Å². The minimum Gasteiger partial charge on any atom is -0.495 e. The van der Waals surface area contributed by atoms with Crippen molar-refractivity contribution in [2.45, 2.75) is 11.8 Å². The molecule has 24 heavy (non-hydrogen) atoms. The van der Waals surface area contributed by atoms with Crippen molar-refractivity contribution in [3.05, 3.63) is 60.2 Å². The standard InChI is InChI=1S/C17H17N3O3S/c1-12-8-9-15(23-2)16(10-12)24(21,22)20-17-11-14(18-19-17)13-6-4-3-5-7-13/h3-11H,1-2H3,(H2,18,19,20). The highest BCUT2D eigenvalue weighted by atomic mass is 32.2. The molecule has 3 aromatic rings. The van der Waals surface area contributed by atoms with E-state index < -0.39 is 10.0 Å². The van der Waals surface area contributed by atoms with Gasteiger partial charge in [0.15, 0.2) is 5.82 Å². The van der Waals surface area contributed by atoms with Crippen LogP contribution in [0.2, 0.25) is 0 Å². The van der Waals surface area contributed by atoms with Gasteiger partial charge in [-0.25, -0.2) is 8.42 Å². The fourth-order valence-corrected chi connectivity index (χ4v) is 3.57. The maximum atomic E-state index is 12.6. The van der Waals surface area contributed by atoms with E-state index in [0.717, 1.165) is 16.8 Å². The van der Waals surface area contributed by atoms with Crippen molar-refractivity contribution >= 4 is 15.8 Å². The third kappa shape index (κ3) is 3.26. The number of nitrogens with one attached hydrogen (secondary N) is 2. The second-order valence-electron chi connectivity index (χ2n) is 5.29. The number of aromatic amines is 1. The number of nitrogens with zero attached hydrogens (tertiary/aromatic N) is 1. The first kappa shape index (κ1) is 16.1. The molecule has 0 amide bonds. The molecule has 0 unspecified atom stereocenters. The topological polar surface area (TPSA) is 84.1 Å². The quantitative estimate of drug-likeness (QED) is 0.745. The van der Waals surface area contributed by atoms with Gasteiger partial charge >= 0.3 is 0 Å². The van der Waals surface area contributed by atoms with E-state index in [0.29, 0.717) is 0 Å². The Balaban J connectivity index is 1.91. The van der Waals surface area contributed by atoms with Gasteiger partial charge in [0.2, 0.25) is 0 Å². The van der Waals surface area contributed by atoms with Gasteiger partial charge in [-0.15, -0.1) is 0 Å². The number of H-pyrrole nitrogens is 1. The molecule has 6 nitrogen and oxygen atoms in total. The number of rotatable bonds is 5. The van der Waals surface area contributed by atoms with Crippen molar-refractivity contribution in [1.82, 2.24) is 10.2 Å². The first-order chi connectivity index (χ1) is 11.5. The summed E-state index contributed by atoms with van der Waals surface area (Å²) in [7, 11) is -2.37. The van der Waals surface area contributed by atoms with Gasteiger partial charge in [0.05, 0.1) is 12.8 Å². The zero-order chi connectivity index (χ0) is 17.2. The lowest BCUT2D eigenvalue weighted by Crippen LogP contribution is -2.14. The molecule has 2 N–H and O–H groups in total. The summed E-state index contributed by atoms with van der Waals surface area (Å²) in [6, 6.07) is 16.2. The Labute approximate surface area is 140 Å². The predicted molar refractivity (Wildman–Crippen MR) is 92.6 cm³/mol. The van der Waals surface area contributed by atoms with Crippen molar-refractivity contribution in [3.8, 4) is 17.0 Å². The molecule has 0 radical (unpaired) electrons. The maximum Gasteiger partial charge on any atom is 0.266 e. The number of aromatic nitrogens is 2. The number of anilines is 1. The van der Waals surface area contributed by atoms with E-state index in [2.05, 4.69) is 14.9 Å². The van der Waals surface area contributed by atoms with Crippen molar-refractivity contribution in [2.24, 2.45) is 0 Å². The normalized spacial score (nSPS) is 11.2. The number of methoxy groups -OCH3 is 1. The molecule has 1 heterocycles. The lowest BCUT2D eigenvalue weighted by Gasteiger charge is -2.10. The molecule has 0 aliphatic heterocycles. The van der Waals surface area contributed by atoms with E-state index in [1.807, 2.05) is 37.3 Å². The first-order valence-corrected chi connectivity index (χ1v) is 8.76. The molecule has 124 valence electrons. The van der Waals surface area contributed by atoms with Gasteiger partial charge in [-0.3, -0.25) is 9.82 Å². The lowest BCUT2D eigenvalue weighted by molar-refractivity contribution is 0.402. The molecule has 0 aliphatic rings. The summed E-state index contributed by atoms with van der Waals surface area (Å²) in [6.45, 7) is 1.82. The summed E-state index contributed by atoms with van der Waals surface area (Å²) in [5, 5.41) is 6.85. The number of benzene rings is 2. The third-order valence-electron chi connectivity index (χ3n) is 3.51. The second-order valence-corrected chi connectivity index (χ2v) is 6.94. The highest BCUT2D eigenvalue weighted by molar-refractivity contribution is 7.92. The molecule has 0 spiro atoms. The van der Waals surface area contributed by atoms with Gasteiger partial charge in [-0.2, -0.15) is 5.10 Å². The maximum absolute atomic E-state index is 12.6. The van der Waals surface area contributed by atoms with Crippen molar-refractivity contribution in [1.29, 1.82) is 0 Å². The largest absolute Gasteiger partial charge is 0.495 e. The average Bonchev–Trinajstić information content (AvgIpc) is 3.03. The Bertz CT molecular complexity index is 950. The molecular weight excluding hydrogens is 326 g/mol. The number of sulfonamides is 1. The summed E-state index contributed by atoms with van der Waals surface area (Å²) in [5.74, 6) is 0.504. The molecule has 0 aliphatic carbocycles. The highest BCUT2D eigenvalue weighted by Crippen LogP contribution is 2.27. The van der Waals surface area contributed by atoms with Gasteiger partial charge in [-0.1, -0.05) is 36.4 Å². The number of hydrogen-bond acceptors (Lipinski definition) is 4. The minimum absolute atomic E-state index is 0.0780. The van der Waals surface area contributed by atoms with Crippen molar-refractivity contribution in [3.63, 3.8) is 0 Å². The Morgan fingerprint density at radius 1 is 1.08 bits per heavy atom. The first-order valence-electron chi connectivity index (χ1n) is 7.28. The fraction of sp³-hybridized carbons (Fsp3) is 0.118. The molecule has 7 heteroatoms. The van der Waals surface area contributed by atoms with Crippen LogP contribution >= 0.6 is 0 Å². The van der Waals surface area contributed by atoms with E-state index in [4.69, 9.17) is 4.74 Å². The van der Waals surface area contributed by atoms with E-state index >= 15 is 0 Å². The number of aryl methyl sites for hydroxylation is 1. The average molecular weight is 343 g/mol. The minimum atomic E-state index is -3.80. The summed E-state index contributed by atoms with van der Waals surface area (Å²) in [5.41, 5.74) is 2.47.